The zero-order chi connectivity index (χ0) is 18.4. The molecule has 2 atom stereocenters. The second-order valence-corrected chi connectivity index (χ2v) is 6.71. The van der Waals surface area contributed by atoms with Gasteiger partial charge in [-0.3, -0.25) is 0 Å². The first-order chi connectivity index (χ1) is 11.8. The average Bonchev–Trinajstić information content (AvgIpc) is 3.03. The number of aliphatic hydroxyl groups is 1. The molecule has 0 saturated carbocycles. The number of anilines is 1. The van der Waals surface area contributed by atoms with E-state index in [1.54, 1.807) is 19.1 Å². The molecule has 0 fully saturated rings. The Morgan fingerprint density at radius 1 is 1.20 bits per heavy atom. The van der Waals surface area contributed by atoms with Crippen LogP contribution in [0.15, 0.2) is 28.8 Å². The van der Waals surface area contributed by atoms with Crippen LogP contribution in [0.3, 0.4) is 0 Å². The number of nitrogens with zero attached hydrogens (tertiary/aromatic N) is 2. The molecule has 0 bridgehead atoms. The number of hydrogen-bond acceptors (Lipinski definition) is 5. The third kappa shape index (κ3) is 5.86. The number of carbonyl (C=O) groups excluding carboxylic acids is 1. The second-order valence-electron chi connectivity index (χ2n) is 6.71. The number of carbonyl (C=O) groups is 1. The van der Waals surface area contributed by atoms with Crippen LogP contribution in [-0.2, 0) is 0 Å². The van der Waals surface area contributed by atoms with Crippen molar-refractivity contribution in [2.75, 3.05) is 11.9 Å². The van der Waals surface area contributed by atoms with Crippen molar-refractivity contribution in [1.82, 2.24) is 15.5 Å². The summed E-state index contributed by atoms with van der Waals surface area (Å²) in [6.07, 6.45) is 0.283. The first-order valence-electron chi connectivity index (χ1n) is 8.52. The van der Waals surface area contributed by atoms with Crippen LogP contribution in [0.25, 0.3) is 11.5 Å². The van der Waals surface area contributed by atoms with Crippen LogP contribution in [0.1, 0.15) is 45.9 Å². The van der Waals surface area contributed by atoms with Gasteiger partial charge in [0.05, 0.1) is 6.10 Å². The highest BCUT2D eigenvalue weighted by Crippen LogP contribution is 2.21. The number of aromatic nitrogens is 2. The molecule has 7 heteroatoms. The molecule has 2 aromatic rings. The molecule has 3 N–H and O–H groups in total. The van der Waals surface area contributed by atoms with Gasteiger partial charge < -0.3 is 20.3 Å². The Morgan fingerprint density at radius 3 is 2.44 bits per heavy atom. The minimum absolute atomic E-state index is 0.207. The van der Waals surface area contributed by atoms with E-state index < -0.39 is 0 Å². The van der Waals surface area contributed by atoms with E-state index >= 15 is 0 Å². The predicted octanol–water partition coefficient (Wildman–Crippen LogP) is 3.39. The summed E-state index contributed by atoms with van der Waals surface area (Å²) < 4.78 is 5.25. The summed E-state index contributed by atoms with van der Waals surface area (Å²) in [4.78, 5) is 16.3. The lowest BCUT2D eigenvalue weighted by atomic mass is 10.1. The number of rotatable bonds is 7. The number of nitrogens with one attached hydrogen (secondary N) is 2. The average molecular weight is 346 g/mol. The molecule has 1 aromatic heterocycles. The number of benzene rings is 1. The van der Waals surface area contributed by atoms with Crippen molar-refractivity contribution < 1.29 is 14.4 Å². The van der Waals surface area contributed by atoms with Crippen LogP contribution in [0.5, 0.6) is 0 Å². The van der Waals surface area contributed by atoms with Gasteiger partial charge in [0.2, 0.25) is 0 Å². The van der Waals surface area contributed by atoms with Crippen molar-refractivity contribution in [2.24, 2.45) is 5.92 Å². The molecule has 7 nitrogen and oxygen atoms in total. The molecule has 0 spiro atoms. The van der Waals surface area contributed by atoms with Gasteiger partial charge in [-0.25, -0.2) is 4.79 Å². The van der Waals surface area contributed by atoms with Crippen molar-refractivity contribution in [3.63, 3.8) is 0 Å². The van der Waals surface area contributed by atoms with Gasteiger partial charge in [-0.2, -0.15) is 4.98 Å². The van der Waals surface area contributed by atoms with Gasteiger partial charge in [-0.15, -0.1) is 0 Å². The van der Waals surface area contributed by atoms with Crippen LogP contribution in [0, 0.1) is 5.92 Å². The molecular formula is C18H26N4O3. The zero-order valence-corrected chi connectivity index (χ0v) is 15.1. The highest BCUT2D eigenvalue weighted by molar-refractivity contribution is 5.89. The third-order valence-corrected chi connectivity index (χ3v) is 3.70. The van der Waals surface area contributed by atoms with Crippen molar-refractivity contribution >= 4 is 11.7 Å². The molecule has 1 heterocycles. The minimum Gasteiger partial charge on any atom is -0.393 e. The molecule has 136 valence electrons. The van der Waals surface area contributed by atoms with E-state index in [9.17, 15) is 9.90 Å². The Hall–Kier alpha value is -2.41. The molecule has 0 aliphatic rings. The normalized spacial score (nSPS) is 13.5. The summed E-state index contributed by atoms with van der Waals surface area (Å²) in [5, 5.41) is 18.8. The van der Waals surface area contributed by atoms with Crippen LogP contribution in [0.2, 0.25) is 0 Å². The van der Waals surface area contributed by atoms with E-state index in [0.717, 1.165) is 5.56 Å². The summed E-state index contributed by atoms with van der Waals surface area (Å²) >= 11 is 0. The zero-order valence-electron chi connectivity index (χ0n) is 15.1. The summed E-state index contributed by atoms with van der Waals surface area (Å²) in [5.74, 6) is 1.55. The summed E-state index contributed by atoms with van der Waals surface area (Å²) in [6, 6.07) is 6.94. The number of hydrogen-bond donors (Lipinski definition) is 3. The second kappa shape index (κ2) is 8.62. The van der Waals surface area contributed by atoms with Crippen LogP contribution in [-0.4, -0.2) is 33.9 Å². The maximum Gasteiger partial charge on any atom is 0.319 e. The largest absolute Gasteiger partial charge is 0.393 e. The molecule has 2 amide bonds. The fourth-order valence-corrected chi connectivity index (χ4v) is 2.39. The molecule has 2 rings (SSSR count). The quantitative estimate of drug-likeness (QED) is 0.713. The Morgan fingerprint density at radius 2 is 1.88 bits per heavy atom. The van der Waals surface area contributed by atoms with E-state index in [1.807, 2.05) is 32.9 Å². The Labute approximate surface area is 147 Å². The Bertz CT molecular complexity index is 680. The van der Waals surface area contributed by atoms with Crippen molar-refractivity contribution in [1.29, 1.82) is 0 Å². The van der Waals surface area contributed by atoms with Crippen LogP contribution < -0.4 is 10.6 Å². The fourth-order valence-electron chi connectivity index (χ4n) is 2.39. The van der Waals surface area contributed by atoms with Crippen molar-refractivity contribution in [3.8, 4) is 11.5 Å². The standard InChI is InChI=1S/C18H26N4O3/c1-11(2)16-21-17(25-22-16)14-5-7-15(8-6-14)20-18(24)19-10-12(3)9-13(4)23/h5-8,11-13,23H,9-10H2,1-4H3,(H2,19,20,24)/t12-,13+/m1/s1. The van der Waals surface area contributed by atoms with Crippen LogP contribution in [0.4, 0.5) is 10.5 Å². The van der Waals surface area contributed by atoms with Gasteiger partial charge in [0.25, 0.3) is 5.89 Å². The maximum atomic E-state index is 11.9. The lowest BCUT2D eigenvalue weighted by Crippen LogP contribution is -2.33. The highest BCUT2D eigenvalue weighted by Gasteiger charge is 2.12. The first kappa shape index (κ1) is 18.9. The number of aliphatic hydroxyl groups excluding tert-OH is 1. The van der Waals surface area contributed by atoms with E-state index in [-0.39, 0.29) is 24.0 Å². The lowest BCUT2D eigenvalue weighted by Gasteiger charge is -2.14. The first-order valence-corrected chi connectivity index (χ1v) is 8.52. The lowest BCUT2D eigenvalue weighted by molar-refractivity contribution is 0.163. The molecule has 0 saturated heterocycles. The number of amides is 2. The Kier molecular flexibility index (Phi) is 6.52. The molecular weight excluding hydrogens is 320 g/mol. The summed E-state index contributed by atoms with van der Waals surface area (Å²) in [7, 11) is 0. The van der Waals surface area contributed by atoms with Crippen molar-refractivity contribution in [2.45, 2.75) is 46.1 Å². The van der Waals surface area contributed by atoms with Gasteiger partial charge in [-0.1, -0.05) is 25.9 Å². The molecule has 0 unspecified atom stereocenters. The SMILES string of the molecule is CC(C)c1noc(-c2ccc(NC(=O)NC[C@H](C)C[C@H](C)O)cc2)n1. The van der Waals surface area contributed by atoms with Crippen LogP contribution >= 0.6 is 0 Å². The smallest absolute Gasteiger partial charge is 0.319 e. The van der Waals surface area contributed by atoms with Gasteiger partial charge in [0.1, 0.15) is 0 Å². The molecule has 0 aliphatic heterocycles. The monoisotopic (exact) mass is 346 g/mol. The van der Waals surface area contributed by atoms with E-state index in [4.69, 9.17) is 4.52 Å². The van der Waals surface area contributed by atoms with Crippen molar-refractivity contribution in [3.05, 3.63) is 30.1 Å². The molecule has 0 aliphatic carbocycles. The van der Waals surface area contributed by atoms with Gasteiger partial charge >= 0.3 is 6.03 Å². The van der Waals surface area contributed by atoms with E-state index in [2.05, 4.69) is 20.8 Å². The number of urea groups is 1. The van der Waals surface area contributed by atoms with Gasteiger partial charge in [0, 0.05) is 23.7 Å². The summed E-state index contributed by atoms with van der Waals surface area (Å²) in [5.41, 5.74) is 1.48. The maximum absolute atomic E-state index is 11.9. The molecule has 0 radical (unpaired) electrons. The fraction of sp³-hybridized carbons (Fsp3) is 0.500. The molecule has 1 aromatic carbocycles. The van der Waals surface area contributed by atoms with Gasteiger partial charge in [-0.05, 0) is 43.5 Å². The topological polar surface area (TPSA) is 100 Å². The summed E-state index contributed by atoms with van der Waals surface area (Å²) in [6.45, 7) is 8.24. The highest BCUT2D eigenvalue weighted by atomic mass is 16.5. The molecule has 25 heavy (non-hydrogen) atoms. The Balaban J connectivity index is 1.88. The predicted molar refractivity (Wildman–Crippen MR) is 96.3 cm³/mol. The minimum atomic E-state index is -0.367. The van der Waals surface area contributed by atoms with E-state index in [0.29, 0.717) is 30.4 Å². The van der Waals surface area contributed by atoms with E-state index in [1.165, 1.54) is 0 Å². The third-order valence-electron chi connectivity index (χ3n) is 3.70. The van der Waals surface area contributed by atoms with Gasteiger partial charge in [0.15, 0.2) is 5.82 Å².